The van der Waals surface area contributed by atoms with Gasteiger partial charge in [0.15, 0.2) is 6.29 Å². The summed E-state index contributed by atoms with van der Waals surface area (Å²) >= 11 is 0. The highest BCUT2D eigenvalue weighted by Gasteiger charge is 2.45. The van der Waals surface area contributed by atoms with Crippen LogP contribution < -0.4 is 4.74 Å². The third kappa shape index (κ3) is 6.46. The second kappa shape index (κ2) is 12.3. The topological polar surface area (TPSA) is 27.7 Å². The highest BCUT2D eigenvalue weighted by Crippen LogP contribution is 2.46. The van der Waals surface area contributed by atoms with E-state index in [-0.39, 0.29) is 23.2 Å². The first-order valence-electron chi connectivity index (χ1n) is 14.3. The van der Waals surface area contributed by atoms with E-state index in [9.17, 15) is 17.6 Å². The second-order valence-corrected chi connectivity index (χ2v) is 11.8. The molecule has 220 valence electrons. The minimum Gasteiger partial charge on any atom is -0.432 e. The number of rotatable bonds is 7. The first kappa shape index (κ1) is 29.2. The maximum absolute atomic E-state index is 15.1. The van der Waals surface area contributed by atoms with Gasteiger partial charge in [-0.3, -0.25) is 0 Å². The summed E-state index contributed by atoms with van der Waals surface area (Å²) in [4.78, 5) is 0. The summed E-state index contributed by atoms with van der Waals surface area (Å²) in [7, 11) is 0. The zero-order valence-electron chi connectivity index (χ0n) is 22.6. The van der Waals surface area contributed by atoms with Gasteiger partial charge in [0.05, 0.1) is 24.7 Å². The van der Waals surface area contributed by atoms with Crippen LogP contribution in [-0.4, -0.2) is 25.6 Å². The van der Waals surface area contributed by atoms with Gasteiger partial charge >= 0.3 is 6.11 Å². The standard InChI is InChI=1S/C31H36F6O3/c1-18-16-38-30(39-17-18)21-4-2-19(3-5-21)20-6-8-23(9-7-20)31(36,37)40-24-10-11-25(29(35)14-24)22-12-27(33)26(15-32)28(34)13-22/h10-14,18-21,23,30H,2-9,15-17H2,1H3. The minimum absolute atomic E-state index is 0.119. The average Bonchev–Trinajstić information content (AvgIpc) is 2.93. The maximum Gasteiger partial charge on any atom is 0.400 e. The molecule has 2 saturated carbocycles. The van der Waals surface area contributed by atoms with E-state index in [2.05, 4.69) is 6.92 Å². The van der Waals surface area contributed by atoms with Crippen LogP contribution in [0.25, 0.3) is 11.1 Å². The van der Waals surface area contributed by atoms with Crippen LogP contribution >= 0.6 is 0 Å². The molecule has 1 aliphatic heterocycles. The van der Waals surface area contributed by atoms with Crippen molar-refractivity contribution in [3.63, 3.8) is 0 Å². The lowest BCUT2D eigenvalue weighted by Gasteiger charge is -2.41. The van der Waals surface area contributed by atoms with Gasteiger partial charge in [-0.1, -0.05) is 6.92 Å². The molecule has 9 heteroatoms. The van der Waals surface area contributed by atoms with E-state index in [0.717, 1.165) is 69.2 Å². The molecule has 0 unspecified atom stereocenters. The van der Waals surface area contributed by atoms with E-state index >= 15 is 8.78 Å². The molecule has 2 aromatic rings. The molecule has 0 aromatic heterocycles. The summed E-state index contributed by atoms with van der Waals surface area (Å²) in [6.07, 6.45) is 2.63. The Kier molecular flexibility index (Phi) is 9.00. The van der Waals surface area contributed by atoms with E-state index in [1.54, 1.807) is 0 Å². The third-order valence-corrected chi connectivity index (χ3v) is 8.99. The summed E-state index contributed by atoms with van der Waals surface area (Å²) in [6, 6.07) is 4.69. The summed E-state index contributed by atoms with van der Waals surface area (Å²) in [5, 5.41) is 0. The van der Waals surface area contributed by atoms with Crippen molar-refractivity contribution in [2.45, 2.75) is 77.4 Å². The second-order valence-electron chi connectivity index (χ2n) is 11.8. The number of alkyl halides is 3. The van der Waals surface area contributed by atoms with Gasteiger partial charge in [-0.25, -0.2) is 17.6 Å². The molecule has 40 heavy (non-hydrogen) atoms. The van der Waals surface area contributed by atoms with Crippen molar-refractivity contribution in [1.82, 2.24) is 0 Å². The molecule has 3 nitrogen and oxygen atoms in total. The van der Waals surface area contributed by atoms with Crippen molar-refractivity contribution >= 4 is 0 Å². The first-order chi connectivity index (χ1) is 19.1. The van der Waals surface area contributed by atoms with Crippen molar-refractivity contribution in [1.29, 1.82) is 0 Å². The number of halogens is 6. The van der Waals surface area contributed by atoms with Gasteiger partial charge in [-0.2, -0.15) is 8.78 Å². The van der Waals surface area contributed by atoms with Gasteiger partial charge in [0.25, 0.3) is 0 Å². The first-order valence-corrected chi connectivity index (χ1v) is 14.3. The molecular weight excluding hydrogens is 534 g/mol. The van der Waals surface area contributed by atoms with E-state index in [4.69, 9.17) is 14.2 Å². The monoisotopic (exact) mass is 570 g/mol. The van der Waals surface area contributed by atoms with Crippen molar-refractivity contribution in [3.05, 3.63) is 53.3 Å². The molecule has 3 fully saturated rings. The Morgan fingerprint density at radius 3 is 1.88 bits per heavy atom. The molecule has 0 radical (unpaired) electrons. The van der Waals surface area contributed by atoms with Crippen LogP contribution in [0, 0.1) is 47.0 Å². The predicted octanol–water partition coefficient (Wildman–Crippen LogP) is 8.83. The Hall–Kier alpha value is -2.26. The molecule has 1 saturated heterocycles. The molecule has 0 N–H and O–H groups in total. The lowest BCUT2D eigenvalue weighted by Crippen LogP contribution is -2.40. The molecule has 3 aliphatic rings. The largest absolute Gasteiger partial charge is 0.432 e. The van der Waals surface area contributed by atoms with Crippen LogP contribution in [0.2, 0.25) is 0 Å². The molecule has 5 rings (SSSR count). The molecule has 0 bridgehead atoms. The Bertz CT molecular complexity index is 1130. The number of hydrogen-bond donors (Lipinski definition) is 0. The predicted molar refractivity (Wildman–Crippen MR) is 138 cm³/mol. The summed E-state index contributed by atoms with van der Waals surface area (Å²) in [6.45, 7) is 2.24. The van der Waals surface area contributed by atoms with Crippen molar-refractivity contribution in [3.8, 4) is 16.9 Å². The van der Waals surface area contributed by atoms with Gasteiger partial charge in [0, 0.05) is 23.5 Å². The third-order valence-electron chi connectivity index (χ3n) is 8.99. The van der Waals surface area contributed by atoms with Gasteiger partial charge in [-0.05, 0) is 93.0 Å². The smallest absolute Gasteiger partial charge is 0.400 e. The van der Waals surface area contributed by atoms with Gasteiger partial charge in [-0.15, -0.1) is 0 Å². The van der Waals surface area contributed by atoms with E-state index < -0.39 is 41.7 Å². The lowest BCUT2D eigenvalue weighted by molar-refractivity contribution is -0.229. The Balaban J connectivity index is 1.13. The summed E-state index contributed by atoms with van der Waals surface area (Å²) in [5.41, 5.74) is -1.11. The van der Waals surface area contributed by atoms with Gasteiger partial charge in [0.2, 0.25) is 0 Å². The van der Waals surface area contributed by atoms with E-state index in [0.29, 0.717) is 49.4 Å². The number of ether oxygens (including phenoxy) is 3. The fourth-order valence-electron chi connectivity index (χ4n) is 6.62. The van der Waals surface area contributed by atoms with Crippen LogP contribution in [-0.2, 0) is 16.1 Å². The van der Waals surface area contributed by atoms with Crippen LogP contribution in [0.15, 0.2) is 30.3 Å². The fourth-order valence-corrected chi connectivity index (χ4v) is 6.62. The normalized spacial score (nSPS) is 29.8. The SMILES string of the molecule is CC1COC(C2CCC(C3CCC(C(F)(F)Oc4ccc(-c5cc(F)c(CF)c(F)c5)c(F)c4)CC3)CC2)OC1. The Morgan fingerprint density at radius 1 is 0.775 bits per heavy atom. The number of benzene rings is 2. The van der Waals surface area contributed by atoms with Gasteiger partial charge in [0.1, 0.15) is 29.9 Å². The lowest BCUT2D eigenvalue weighted by atomic mass is 9.69. The maximum atomic E-state index is 15.1. The summed E-state index contributed by atoms with van der Waals surface area (Å²) in [5.74, 6) is -2.86. The van der Waals surface area contributed by atoms with E-state index in [1.165, 1.54) is 0 Å². The number of hydrogen-bond acceptors (Lipinski definition) is 3. The van der Waals surface area contributed by atoms with Crippen LogP contribution in [0.3, 0.4) is 0 Å². The van der Waals surface area contributed by atoms with Gasteiger partial charge < -0.3 is 14.2 Å². The molecular formula is C31H36F6O3. The fraction of sp³-hybridized carbons (Fsp3) is 0.613. The average molecular weight is 571 g/mol. The van der Waals surface area contributed by atoms with Crippen molar-refractivity contribution in [2.24, 2.45) is 29.6 Å². The highest BCUT2D eigenvalue weighted by molar-refractivity contribution is 5.65. The Labute approximate surface area is 231 Å². The van der Waals surface area contributed by atoms with Crippen molar-refractivity contribution in [2.75, 3.05) is 13.2 Å². The van der Waals surface area contributed by atoms with Crippen LogP contribution in [0.5, 0.6) is 5.75 Å². The quantitative estimate of drug-likeness (QED) is 0.311. The molecule has 2 aliphatic carbocycles. The summed E-state index contributed by atoms with van der Waals surface area (Å²) < 4.78 is 102. The minimum atomic E-state index is -3.48. The Morgan fingerprint density at radius 2 is 1.32 bits per heavy atom. The van der Waals surface area contributed by atoms with E-state index in [1.807, 2.05) is 0 Å². The zero-order chi connectivity index (χ0) is 28.4. The van der Waals surface area contributed by atoms with Crippen LogP contribution in [0.1, 0.15) is 63.9 Å². The van der Waals surface area contributed by atoms with Crippen LogP contribution in [0.4, 0.5) is 26.3 Å². The zero-order valence-corrected chi connectivity index (χ0v) is 22.6. The molecule has 0 atom stereocenters. The van der Waals surface area contributed by atoms with Crippen molar-refractivity contribution < 1.29 is 40.6 Å². The highest BCUT2D eigenvalue weighted by atomic mass is 19.3. The molecule has 1 heterocycles. The molecule has 0 spiro atoms. The molecule has 2 aromatic carbocycles. The molecule has 0 amide bonds.